The molecule has 0 bridgehead atoms. The fourth-order valence-corrected chi connectivity index (χ4v) is 4.11. The molecular weight excluding hydrogens is 436 g/mol. The number of nitrogens with zero attached hydrogens (tertiary/aromatic N) is 5. The van der Waals surface area contributed by atoms with Crippen molar-refractivity contribution in [2.24, 2.45) is 0 Å². The molecule has 3 heterocycles. The highest BCUT2D eigenvalue weighted by molar-refractivity contribution is 7.90. The van der Waals surface area contributed by atoms with Crippen LogP contribution in [-0.4, -0.2) is 69.7 Å². The Morgan fingerprint density at radius 1 is 1.19 bits per heavy atom. The van der Waals surface area contributed by atoms with Gasteiger partial charge in [0.05, 0.1) is 6.20 Å². The van der Waals surface area contributed by atoms with Gasteiger partial charge in [-0.25, -0.2) is 36.6 Å². The SMILES string of the molecule is CS(=O)(=O)c1cc(F)c(-n2ncc3c(OC4CCN(C(=O)O)CC4)ncnc32)cc1F. The van der Waals surface area contributed by atoms with Gasteiger partial charge in [-0.05, 0) is 6.07 Å². The Balaban J connectivity index is 1.66. The van der Waals surface area contributed by atoms with Gasteiger partial charge in [0.25, 0.3) is 0 Å². The molecule has 4 rings (SSSR count). The first kappa shape index (κ1) is 20.9. The molecule has 31 heavy (non-hydrogen) atoms. The molecular formula is C18H17F2N5O5S. The molecule has 164 valence electrons. The predicted octanol–water partition coefficient (Wildman–Crippen LogP) is 2.02. The van der Waals surface area contributed by atoms with E-state index in [4.69, 9.17) is 9.84 Å². The highest BCUT2D eigenvalue weighted by Gasteiger charge is 2.25. The minimum absolute atomic E-state index is 0.137. The first-order valence-corrected chi connectivity index (χ1v) is 11.1. The molecule has 1 amide bonds. The van der Waals surface area contributed by atoms with E-state index in [1.807, 2.05) is 0 Å². The van der Waals surface area contributed by atoms with Gasteiger partial charge in [0.2, 0.25) is 5.88 Å². The fourth-order valence-electron chi connectivity index (χ4n) is 3.38. The summed E-state index contributed by atoms with van der Waals surface area (Å²) >= 11 is 0. The van der Waals surface area contributed by atoms with Crippen LogP contribution in [-0.2, 0) is 9.84 Å². The van der Waals surface area contributed by atoms with Gasteiger partial charge in [-0.1, -0.05) is 0 Å². The summed E-state index contributed by atoms with van der Waals surface area (Å²) in [6.07, 6.45) is 2.98. The van der Waals surface area contributed by atoms with Gasteiger partial charge >= 0.3 is 6.09 Å². The maximum absolute atomic E-state index is 14.6. The molecule has 3 aromatic rings. The van der Waals surface area contributed by atoms with Crippen LogP contribution in [0.2, 0.25) is 0 Å². The van der Waals surface area contributed by atoms with Crippen molar-refractivity contribution in [3.8, 4) is 11.6 Å². The molecule has 1 N–H and O–H groups in total. The number of halogens is 2. The molecule has 0 saturated carbocycles. The summed E-state index contributed by atoms with van der Waals surface area (Å²) in [5, 5.41) is 13.4. The number of carbonyl (C=O) groups is 1. The van der Waals surface area contributed by atoms with Crippen molar-refractivity contribution in [3.05, 3.63) is 36.3 Å². The molecule has 13 heteroatoms. The van der Waals surface area contributed by atoms with Gasteiger partial charge in [-0.3, -0.25) is 0 Å². The van der Waals surface area contributed by atoms with Crippen molar-refractivity contribution < 1.29 is 31.8 Å². The second kappa shape index (κ2) is 7.72. The van der Waals surface area contributed by atoms with Gasteiger partial charge in [-0.15, -0.1) is 0 Å². The molecule has 2 aromatic heterocycles. The third-order valence-electron chi connectivity index (χ3n) is 4.95. The Morgan fingerprint density at radius 3 is 2.55 bits per heavy atom. The molecule has 1 aromatic carbocycles. The van der Waals surface area contributed by atoms with E-state index in [0.717, 1.165) is 17.0 Å². The van der Waals surface area contributed by atoms with Crippen LogP contribution in [0.5, 0.6) is 5.88 Å². The Kier molecular flexibility index (Phi) is 5.21. The summed E-state index contributed by atoms with van der Waals surface area (Å²) in [6, 6.07) is 1.34. The van der Waals surface area contributed by atoms with Crippen LogP contribution in [0.3, 0.4) is 0 Å². The lowest BCUT2D eigenvalue weighted by Crippen LogP contribution is -2.41. The number of rotatable bonds is 4. The zero-order valence-corrected chi connectivity index (χ0v) is 17.0. The van der Waals surface area contributed by atoms with E-state index >= 15 is 0 Å². The standard InChI is InChI=1S/C18H17F2N5O5S/c1-31(28,29)15-7-12(19)14(6-13(15)20)25-16-11(8-23-25)17(22-9-21-16)30-10-2-4-24(5-3-10)18(26)27/h6-10H,2-5H2,1H3,(H,26,27). The zero-order valence-electron chi connectivity index (χ0n) is 16.2. The third kappa shape index (κ3) is 4.00. The molecule has 10 nitrogen and oxygen atoms in total. The van der Waals surface area contributed by atoms with Gasteiger partial charge in [0.1, 0.15) is 40.0 Å². The normalized spacial score (nSPS) is 15.4. The summed E-state index contributed by atoms with van der Waals surface area (Å²) < 4.78 is 59.0. The van der Waals surface area contributed by atoms with Crippen LogP contribution < -0.4 is 4.74 Å². The molecule has 0 spiro atoms. The number of piperidine rings is 1. The highest BCUT2D eigenvalue weighted by Crippen LogP contribution is 2.28. The Bertz CT molecular complexity index is 1270. The number of likely N-dealkylation sites (tertiary alicyclic amines) is 1. The summed E-state index contributed by atoms with van der Waals surface area (Å²) in [7, 11) is -3.95. The van der Waals surface area contributed by atoms with Gasteiger partial charge in [-0.2, -0.15) is 5.10 Å². The summed E-state index contributed by atoms with van der Waals surface area (Å²) in [6.45, 7) is 0.648. The van der Waals surface area contributed by atoms with Gasteiger partial charge in [0.15, 0.2) is 15.5 Å². The minimum atomic E-state index is -3.95. The van der Waals surface area contributed by atoms with E-state index in [-0.39, 0.29) is 23.3 Å². The van der Waals surface area contributed by atoms with E-state index in [1.54, 1.807) is 0 Å². The molecule has 0 radical (unpaired) electrons. The number of sulfone groups is 1. The van der Waals surface area contributed by atoms with Crippen molar-refractivity contribution in [2.45, 2.75) is 23.8 Å². The molecule has 1 aliphatic heterocycles. The van der Waals surface area contributed by atoms with Crippen LogP contribution in [0.1, 0.15) is 12.8 Å². The second-order valence-electron chi connectivity index (χ2n) is 7.07. The van der Waals surface area contributed by atoms with Crippen molar-refractivity contribution >= 4 is 27.0 Å². The van der Waals surface area contributed by atoms with E-state index in [1.165, 1.54) is 17.4 Å². The molecule has 0 unspecified atom stereocenters. The van der Waals surface area contributed by atoms with Crippen molar-refractivity contribution in [1.29, 1.82) is 0 Å². The number of benzene rings is 1. The Labute approximate surface area is 175 Å². The average Bonchev–Trinajstić information content (AvgIpc) is 3.14. The van der Waals surface area contributed by atoms with E-state index in [0.29, 0.717) is 37.4 Å². The first-order chi connectivity index (χ1) is 14.6. The lowest BCUT2D eigenvalue weighted by Gasteiger charge is -2.29. The number of hydrogen-bond donors (Lipinski definition) is 1. The predicted molar refractivity (Wildman–Crippen MR) is 103 cm³/mol. The monoisotopic (exact) mass is 453 g/mol. The topological polar surface area (TPSA) is 128 Å². The van der Waals surface area contributed by atoms with E-state index < -0.39 is 32.5 Å². The summed E-state index contributed by atoms with van der Waals surface area (Å²) in [5.41, 5.74) is -0.183. The van der Waals surface area contributed by atoms with Crippen molar-refractivity contribution in [1.82, 2.24) is 24.6 Å². The maximum Gasteiger partial charge on any atom is 0.407 e. The van der Waals surface area contributed by atoms with Crippen molar-refractivity contribution in [2.75, 3.05) is 19.3 Å². The van der Waals surface area contributed by atoms with Crippen LogP contribution in [0.4, 0.5) is 13.6 Å². The fraction of sp³-hybridized carbons (Fsp3) is 0.333. The van der Waals surface area contributed by atoms with Crippen LogP contribution in [0, 0.1) is 11.6 Å². The minimum Gasteiger partial charge on any atom is -0.474 e. The number of ether oxygens (including phenoxy) is 1. The largest absolute Gasteiger partial charge is 0.474 e. The van der Waals surface area contributed by atoms with E-state index in [9.17, 15) is 22.0 Å². The molecule has 1 aliphatic rings. The summed E-state index contributed by atoms with van der Waals surface area (Å²) in [5.74, 6) is -1.93. The van der Waals surface area contributed by atoms with Crippen molar-refractivity contribution in [3.63, 3.8) is 0 Å². The number of carboxylic acid groups (broad SMARTS) is 1. The number of aromatic nitrogens is 4. The molecule has 1 saturated heterocycles. The lowest BCUT2D eigenvalue weighted by atomic mass is 10.1. The van der Waals surface area contributed by atoms with Crippen LogP contribution in [0.15, 0.2) is 29.6 Å². The number of amides is 1. The quantitative estimate of drug-likeness (QED) is 0.636. The molecule has 0 atom stereocenters. The number of hydrogen-bond acceptors (Lipinski definition) is 7. The summed E-state index contributed by atoms with van der Waals surface area (Å²) in [4.78, 5) is 19.7. The zero-order chi connectivity index (χ0) is 22.3. The van der Waals surface area contributed by atoms with Crippen LogP contribution in [0.25, 0.3) is 16.7 Å². The van der Waals surface area contributed by atoms with Crippen LogP contribution >= 0.6 is 0 Å². The third-order valence-corrected chi connectivity index (χ3v) is 6.06. The molecule has 0 aliphatic carbocycles. The lowest BCUT2D eigenvalue weighted by molar-refractivity contribution is 0.0879. The Hall–Kier alpha value is -3.35. The average molecular weight is 453 g/mol. The van der Waals surface area contributed by atoms with Gasteiger partial charge in [0, 0.05) is 38.3 Å². The first-order valence-electron chi connectivity index (χ1n) is 9.18. The highest BCUT2D eigenvalue weighted by atomic mass is 32.2. The Morgan fingerprint density at radius 2 is 1.90 bits per heavy atom. The molecule has 1 fully saturated rings. The smallest absolute Gasteiger partial charge is 0.407 e. The van der Waals surface area contributed by atoms with E-state index in [2.05, 4.69) is 15.1 Å². The maximum atomic E-state index is 14.6. The second-order valence-corrected chi connectivity index (χ2v) is 9.05. The van der Waals surface area contributed by atoms with Gasteiger partial charge < -0.3 is 14.7 Å². The number of fused-ring (bicyclic) bond motifs is 1.